The fraction of sp³-hybridized carbons (Fsp3) is 0.348. The summed E-state index contributed by atoms with van der Waals surface area (Å²) in [4.78, 5) is 23.9. The summed E-state index contributed by atoms with van der Waals surface area (Å²) in [6.45, 7) is 4.49. The summed E-state index contributed by atoms with van der Waals surface area (Å²) >= 11 is 0. The number of likely N-dealkylation sites (tertiary alicyclic amines) is 1. The Hall–Kier alpha value is -3.99. The molecule has 1 amide bonds. The number of nitrogen functional groups attached to an aromatic ring is 1. The van der Waals surface area contributed by atoms with Crippen LogP contribution in [0.5, 0.6) is 11.6 Å². The Labute approximate surface area is 195 Å². The third-order valence-corrected chi connectivity index (χ3v) is 6.06. The second kappa shape index (κ2) is 9.10. The lowest BCUT2D eigenvalue weighted by Gasteiger charge is -2.28. The standard InChI is InChI=1S/C23H26N8O3/c1-3-31-18-12-19(25-13-17(18)27-22(31)20-21(24)29-34-28-20)33-16-6-4-5-15(11-16)26-23(32)14-7-9-30(2)10-8-14/h4-6,11-14H,3,7-10H2,1-2H3,(H2,24,29)(H,26,32). The van der Waals surface area contributed by atoms with Crippen molar-refractivity contribution in [3.8, 4) is 23.1 Å². The maximum absolute atomic E-state index is 12.7. The number of ether oxygens (including phenoxy) is 1. The van der Waals surface area contributed by atoms with Crippen molar-refractivity contribution in [2.75, 3.05) is 31.2 Å². The first-order valence-corrected chi connectivity index (χ1v) is 11.2. The molecule has 1 aliphatic heterocycles. The molecule has 11 nitrogen and oxygen atoms in total. The molecule has 176 valence electrons. The van der Waals surface area contributed by atoms with E-state index in [1.54, 1.807) is 12.3 Å². The van der Waals surface area contributed by atoms with E-state index in [1.807, 2.05) is 35.8 Å². The highest BCUT2D eigenvalue weighted by atomic mass is 16.6. The summed E-state index contributed by atoms with van der Waals surface area (Å²) in [5.74, 6) is 1.77. The van der Waals surface area contributed by atoms with Crippen LogP contribution in [0.1, 0.15) is 19.8 Å². The number of aromatic nitrogens is 5. The molecule has 0 saturated carbocycles. The van der Waals surface area contributed by atoms with E-state index < -0.39 is 0 Å². The normalized spacial score (nSPS) is 15.0. The van der Waals surface area contributed by atoms with Gasteiger partial charge in [0.1, 0.15) is 11.3 Å². The topological polar surface area (TPSA) is 137 Å². The van der Waals surface area contributed by atoms with Gasteiger partial charge in [0.05, 0.1) is 11.7 Å². The molecule has 0 aliphatic carbocycles. The van der Waals surface area contributed by atoms with E-state index in [2.05, 4.69) is 37.5 Å². The fourth-order valence-corrected chi connectivity index (χ4v) is 4.19. The molecule has 0 bridgehead atoms. The molecule has 0 atom stereocenters. The Morgan fingerprint density at radius 1 is 1.26 bits per heavy atom. The quantitative estimate of drug-likeness (QED) is 0.442. The summed E-state index contributed by atoms with van der Waals surface area (Å²) in [6, 6.07) is 9.12. The number of aryl methyl sites for hydroxylation is 1. The lowest BCUT2D eigenvalue weighted by molar-refractivity contribution is -0.121. The second-order valence-electron chi connectivity index (χ2n) is 8.39. The number of pyridine rings is 1. The molecule has 1 saturated heterocycles. The van der Waals surface area contributed by atoms with Crippen LogP contribution in [-0.4, -0.2) is 55.8 Å². The van der Waals surface area contributed by atoms with Crippen molar-refractivity contribution in [3.05, 3.63) is 36.5 Å². The van der Waals surface area contributed by atoms with E-state index in [9.17, 15) is 4.79 Å². The van der Waals surface area contributed by atoms with Crippen molar-refractivity contribution in [3.63, 3.8) is 0 Å². The van der Waals surface area contributed by atoms with Crippen LogP contribution in [0.15, 0.2) is 41.2 Å². The Morgan fingerprint density at radius 3 is 2.82 bits per heavy atom. The number of anilines is 2. The van der Waals surface area contributed by atoms with Gasteiger partial charge < -0.3 is 25.3 Å². The maximum atomic E-state index is 12.7. The Bertz CT molecular complexity index is 1320. The van der Waals surface area contributed by atoms with E-state index in [0.717, 1.165) is 31.4 Å². The predicted octanol–water partition coefficient (Wildman–Crippen LogP) is 3.16. The van der Waals surface area contributed by atoms with Crippen molar-refractivity contribution in [2.45, 2.75) is 26.3 Å². The number of carbonyl (C=O) groups is 1. The van der Waals surface area contributed by atoms with Crippen LogP contribution in [0.25, 0.3) is 22.6 Å². The number of fused-ring (bicyclic) bond motifs is 1. The third-order valence-electron chi connectivity index (χ3n) is 6.06. The van der Waals surface area contributed by atoms with Gasteiger partial charge in [0.25, 0.3) is 0 Å². The average molecular weight is 463 g/mol. The first kappa shape index (κ1) is 21.8. The molecule has 1 fully saturated rings. The second-order valence-corrected chi connectivity index (χ2v) is 8.39. The lowest BCUT2D eigenvalue weighted by Crippen LogP contribution is -2.35. The van der Waals surface area contributed by atoms with Gasteiger partial charge in [0, 0.05) is 30.3 Å². The van der Waals surface area contributed by atoms with Crippen LogP contribution in [0.2, 0.25) is 0 Å². The van der Waals surface area contributed by atoms with E-state index >= 15 is 0 Å². The smallest absolute Gasteiger partial charge is 0.227 e. The van der Waals surface area contributed by atoms with Crippen molar-refractivity contribution >= 4 is 28.4 Å². The number of hydrogen-bond acceptors (Lipinski definition) is 9. The SMILES string of the molecule is CCn1c(-c2nonc2N)nc2cnc(Oc3cccc(NC(=O)C4CCN(C)CC4)c3)cc21. The van der Waals surface area contributed by atoms with Crippen molar-refractivity contribution < 1.29 is 14.2 Å². The zero-order chi connectivity index (χ0) is 23.7. The van der Waals surface area contributed by atoms with Gasteiger partial charge in [0.15, 0.2) is 17.3 Å². The van der Waals surface area contributed by atoms with E-state index in [1.165, 1.54) is 0 Å². The molecule has 0 radical (unpaired) electrons. The molecule has 4 heterocycles. The number of amides is 1. The van der Waals surface area contributed by atoms with E-state index in [0.29, 0.717) is 40.9 Å². The largest absolute Gasteiger partial charge is 0.439 e. The number of nitrogens with zero attached hydrogens (tertiary/aromatic N) is 6. The Kier molecular flexibility index (Phi) is 5.84. The molecular formula is C23H26N8O3. The zero-order valence-corrected chi connectivity index (χ0v) is 19.1. The van der Waals surface area contributed by atoms with Crippen LogP contribution in [0.3, 0.4) is 0 Å². The van der Waals surface area contributed by atoms with Gasteiger partial charge >= 0.3 is 0 Å². The molecule has 34 heavy (non-hydrogen) atoms. The average Bonchev–Trinajstić information content (AvgIpc) is 3.42. The Balaban J connectivity index is 1.35. The van der Waals surface area contributed by atoms with Gasteiger partial charge in [0.2, 0.25) is 11.8 Å². The number of hydrogen-bond donors (Lipinski definition) is 2. The summed E-state index contributed by atoms with van der Waals surface area (Å²) in [6.07, 6.45) is 3.37. The zero-order valence-electron chi connectivity index (χ0n) is 19.1. The van der Waals surface area contributed by atoms with Crippen LogP contribution in [0, 0.1) is 5.92 Å². The molecule has 5 rings (SSSR count). The van der Waals surface area contributed by atoms with Crippen LogP contribution >= 0.6 is 0 Å². The molecule has 0 unspecified atom stereocenters. The van der Waals surface area contributed by atoms with Gasteiger partial charge in [-0.2, -0.15) is 0 Å². The number of imidazole rings is 1. The van der Waals surface area contributed by atoms with E-state index in [4.69, 9.17) is 15.1 Å². The minimum atomic E-state index is 0.0299. The predicted molar refractivity (Wildman–Crippen MR) is 126 cm³/mol. The highest BCUT2D eigenvalue weighted by Crippen LogP contribution is 2.30. The maximum Gasteiger partial charge on any atom is 0.227 e. The number of carbonyl (C=O) groups excluding carboxylic acids is 1. The fourth-order valence-electron chi connectivity index (χ4n) is 4.19. The summed E-state index contributed by atoms with van der Waals surface area (Å²) < 4.78 is 12.7. The molecule has 1 aromatic carbocycles. The number of rotatable bonds is 6. The summed E-state index contributed by atoms with van der Waals surface area (Å²) in [5, 5.41) is 10.5. The van der Waals surface area contributed by atoms with Crippen LogP contribution in [-0.2, 0) is 11.3 Å². The molecule has 1 aliphatic rings. The number of benzene rings is 1. The monoisotopic (exact) mass is 462 g/mol. The van der Waals surface area contributed by atoms with Crippen molar-refractivity contribution in [2.24, 2.45) is 5.92 Å². The van der Waals surface area contributed by atoms with Crippen LogP contribution < -0.4 is 15.8 Å². The molecule has 4 aromatic rings. The third kappa shape index (κ3) is 4.29. The van der Waals surface area contributed by atoms with Gasteiger partial charge in [-0.3, -0.25) is 4.79 Å². The number of nitrogens with one attached hydrogen (secondary N) is 1. The first-order chi connectivity index (χ1) is 16.5. The molecule has 0 spiro atoms. The minimum Gasteiger partial charge on any atom is -0.439 e. The molecular weight excluding hydrogens is 436 g/mol. The summed E-state index contributed by atoms with van der Waals surface area (Å²) in [5.41, 5.74) is 8.42. The lowest BCUT2D eigenvalue weighted by atomic mass is 9.96. The highest BCUT2D eigenvalue weighted by molar-refractivity contribution is 5.92. The van der Waals surface area contributed by atoms with Crippen molar-refractivity contribution in [1.82, 2.24) is 29.7 Å². The van der Waals surface area contributed by atoms with Gasteiger partial charge in [-0.15, -0.1) is 0 Å². The number of piperidine rings is 1. The highest BCUT2D eigenvalue weighted by Gasteiger charge is 2.23. The minimum absolute atomic E-state index is 0.0299. The Morgan fingerprint density at radius 2 is 2.09 bits per heavy atom. The molecule has 11 heteroatoms. The first-order valence-electron chi connectivity index (χ1n) is 11.2. The van der Waals surface area contributed by atoms with Gasteiger partial charge in [-0.05, 0) is 62.3 Å². The van der Waals surface area contributed by atoms with E-state index in [-0.39, 0.29) is 17.6 Å². The molecule has 3 aromatic heterocycles. The van der Waals surface area contributed by atoms with Crippen LogP contribution in [0.4, 0.5) is 11.5 Å². The van der Waals surface area contributed by atoms with Gasteiger partial charge in [-0.1, -0.05) is 6.07 Å². The number of nitrogens with two attached hydrogens (primary N) is 1. The van der Waals surface area contributed by atoms with Gasteiger partial charge in [-0.25, -0.2) is 14.6 Å². The molecule has 3 N–H and O–H groups in total. The van der Waals surface area contributed by atoms with Crippen molar-refractivity contribution in [1.29, 1.82) is 0 Å². The summed E-state index contributed by atoms with van der Waals surface area (Å²) in [7, 11) is 2.08.